The van der Waals surface area contributed by atoms with Gasteiger partial charge in [0.15, 0.2) is 0 Å². The molecule has 2 N–H and O–H groups in total. The lowest BCUT2D eigenvalue weighted by atomic mass is 9.92. The van der Waals surface area contributed by atoms with Crippen LogP contribution in [0.1, 0.15) is 53.5 Å². The Balaban J connectivity index is 1.38. The lowest BCUT2D eigenvalue weighted by molar-refractivity contribution is -0.128. The molecule has 9 nitrogen and oxygen atoms in total. The second-order valence-electron chi connectivity index (χ2n) is 12.6. The highest BCUT2D eigenvalue weighted by molar-refractivity contribution is 5.97. The van der Waals surface area contributed by atoms with Crippen molar-refractivity contribution in [2.24, 2.45) is 0 Å². The van der Waals surface area contributed by atoms with E-state index >= 15 is 0 Å². The third-order valence-corrected chi connectivity index (χ3v) is 9.44. The highest BCUT2D eigenvalue weighted by Gasteiger charge is 2.34. The van der Waals surface area contributed by atoms with Gasteiger partial charge in [0.1, 0.15) is 5.69 Å². The number of hydrogen-bond acceptors (Lipinski definition) is 7. The normalized spacial score (nSPS) is 21.8. The molecular weight excluding hydrogens is 550 g/mol. The summed E-state index contributed by atoms with van der Waals surface area (Å²) < 4.78 is 0. The Bertz CT molecular complexity index is 1630. The predicted octanol–water partition coefficient (Wildman–Crippen LogP) is 4.09. The molecule has 3 aliphatic rings. The number of nitrogens with one attached hydrogen (secondary N) is 2. The fourth-order valence-electron chi connectivity index (χ4n) is 7.16. The lowest BCUT2D eigenvalue weighted by Gasteiger charge is -2.43. The number of aryl methyl sites for hydroxylation is 1. The number of amides is 2. The number of anilines is 2. The molecule has 3 aromatic rings. The van der Waals surface area contributed by atoms with Crippen LogP contribution in [0.5, 0.6) is 0 Å². The molecular formula is C35H41N7O2. The minimum atomic E-state index is -0.339. The van der Waals surface area contributed by atoms with E-state index in [-0.39, 0.29) is 29.8 Å². The van der Waals surface area contributed by atoms with Crippen molar-refractivity contribution in [1.29, 1.82) is 5.26 Å². The average molecular weight is 592 g/mol. The molecule has 6 rings (SSSR count). The fraction of sp³-hybridized carbons (Fsp3) is 0.429. The van der Waals surface area contributed by atoms with Gasteiger partial charge in [-0.15, -0.1) is 0 Å². The number of carbonyl (C=O) groups excluding carboxylic acids is 2. The van der Waals surface area contributed by atoms with Crippen LogP contribution in [0.3, 0.4) is 0 Å². The van der Waals surface area contributed by atoms with Gasteiger partial charge in [0, 0.05) is 55.0 Å². The van der Waals surface area contributed by atoms with Gasteiger partial charge in [-0.05, 0) is 68.8 Å². The number of piperazine rings is 1. The van der Waals surface area contributed by atoms with Gasteiger partial charge in [-0.25, -0.2) is 4.98 Å². The first-order valence-electron chi connectivity index (χ1n) is 15.6. The monoisotopic (exact) mass is 591 g/mol. The zero-order chi connectivity index (χ0) is 30.8. The van der Waals surface area contributed by atoms with Gasteiger partial charge in [0.25, 0.3) is 5.91 Å². The molecule has 3 aliphatic heterocycles. The molecule has 2 fully saturated rings. The Morgan fingerprint density at radius 3 is 2.75 bits per heavy atom. The van der Waals surface area contributed by atoms with Crippen molar-refractivity contribution in [3.05, 3.63) is 77.6 Å². The van der Waals surface area contributed by atoms with E-state index in [2.05, 4.69) is 83.3 Å². The summed E-state index contributed by atoms with van der Waals surface area (Å²) in [6, 6.07) is 16.8. The second-order valence-corrected chi connectivity index (χ2v) is 12.6. The number of carbonyl (C=O) groups is 2. The molecule has 2 aromatic carbocycles. The SMILES string of the molecule is C=CC(=O)N1CCN(c2cc(C(=O)N[C@]3(C)CCCNC3)nc3c2CCN(c2cccc4cccc(C)c24)C3)C[C@@H]1CC#N. The van der Waals surface area contributed by atoms with E-state index in [1.807, 2.05) is 6.07 Å². The molecule has 0 bridgehead atoms. The molecule has 1 aromatic heterocycles. The maximum Gasteiger partial charge on any atom is 0.270 e. The van der Waals surface area contributed by atoms with Crippen LogP contribution in [-0.2, 0) is 17.8 Å². The highest BCUT2D eigenvalue weighted by atomic mass is 16.2. The summed E-state index contributed by atoms with van der Waals surface area (Å²) in [5, 5.41) is 18.7. The first-order valence-corrected chi connectivity index (χ1v) is 15.6. The van der Waals surface area contributed by atoms with Crippen molar-refractivity contribution < 1.29 is 9.59 Å². The topological polar surface area (TPSA) is 105 Å². The number of aromatic nitrogens is 1. The summed E-state index contributed by atoms with van der Waals surface area (Å²) in [5.41, 5.74) is 5.50. The smallest absolute Gasteiger partial charge is 0.270 e. The molecule has 2 atom stereocenters. The van der Waals surface area contributed by atoms with Crippen molar-refractivity contribution in [3.8, 4) is 6.07 Å². The van der Waals surface area contributed by atoms with Crippen LogP contribution in [0.2, 0.25) is 0 Å². The Labute approximate surface area is 259 Å². The minimum absolute atomic E-state index is 0.155. The van der Waals surface area contributed by atoms with Crippen LogP contribution >= 0.6 is 0 Å². The molecule has 2 amide bonds. The van der Waals surface area contributed by atoms with Gasteiger partial charge in [-0.3, -0.25) is 9.59 Å². The zero-order valence-electron chi connectivity index (χ0n) is 25.7. The number of nitriles is 1. The number of piperidine rings is 1. The van der Waals surface area contributed by atoms with Crippen LogP contribution in [-0.4, -0.2) is 72.5 Å². The Kier molecular flexibility index (Phi) is 8.28. The number of hydrogen-bond donors (Lipinski definition) is 2. The number of rotatable bonds is 6. The van der Waals surface area contributed by atoms with Gasteiger partial charge in [-0.1, -0.05) is 36.9 Å². The summed E-state index contributed by atoms with van der Waals surface area (Å²) >= 11 is 0. The maximum absolute atomic E-state index is 13.8. The van der Waals surface area contributed by atoms with Crippen LogP contribution in [0, 0.1) is 18.3 Å². The Morgan fingerprint density at radius 1 is 1.18 bits per heavy atom. The number of nitrogens with zero attached hydrogens (tertiary/aromatic N) is 5. The van der Waals surface area contributed by atoms with Crippen molar-refractivity contribution >= 4 is 34.0 Å². The van der Waals surface area contributed by atoms with E-state index in [0.29, 0.717) is 31.9 Å². The van der Waals surface area contributed by atoms with Crippen LogP contribution in [0.4, 0.5) is 11.4 Å². The molecule has 4 heterocycles. The van der Waals surface area contributed by atoms with E-state index in [4.69, 9.17) is 4.98 Å². The highest BCUT2D eigenvalue weighted by Crippen LogP contribution is 2.36. The third kappa shape index (κ3) is 5.74. The maximum atomic E-state index is 13.8. The average Bonchev–Trinajstić information content (AvgIpc) is 3.03. The molecule has 0 spiro atoms. The molecule has 0 radical (unpaired) electrons. The molecule has 44 heavy (non-hydrogen) atoms. The zero-order valence-corrected chi connectivity index (χ0v) is 25.7. The molecule has 0 saturated carbocycles. The molecule has 2 saturated heterocycles. The van der Waals surface area contributed by atoms with Gasteiger partial charge < -0.3 is 25.3 Å². The first-order chi connectivity index (χ1) is 21.3. The van der Waals surface area contributed by atoms with Gasteiger partial charge >= 0.3 is 0 Å². The van der Waals surface area contributed by atoms with E-state index < -0.39 is 0 Å². The van der Waals surface area contributed by atoms with Crippen LogP contribution in [0.15, 0.2) is 55.1 Å². The summed E-state index contributed by atoms with van der Waals surface area (Å²) in [6.07, 6.45) is 4.25. The van der Waals surface area contributed by atoms with Crippen molar-refractivity contribution in [1.82, 2.24) is 20.5 Å². The first kappa shape index (κ1) is 29.6. The fourth-order valence-corrected chi connectivity index (χ4v) is 7.16. The van der Waals surface area contributed by atoms with E-state index in [1.165, 1.54) is 28.1 Å². The number of fused-ring (bicyclic) bond motifs is 2. The van der Waals surface area contributed by atoms with E-state index in [1.54, 1.807) is 4.90 Å². The standard InChI is InChI=1S/C35H41N7O2/c1-4-32(43)42-19-18-41(21-26(42)12-15-36)31-20-28(34(44)39-35(3)14-7-16-37-23-35)38-29-22-40(17-13-27(29)31)30-11-6-10-25-9-5-8-24(2)33(25)30/h4-6,8-11,20,26,37H,1,7,12-14,16-19,21-23H2,2-3H3,(H,39,44)/t26-,35+/m0/s1. The minimum Gasteiger partial charge on any atom is -0.367 e. The third-order valence-electron chi connectivity index (χ3n) is 9.44. The van der Waals surface area contributed by atoms with Crippen molar-refractivity contribution in [2.45, 2.75) is 57.7 Å². The second kappa shape index (κ2) is 12.3. The van der Waals surface area contributed by atoms with Crippen LogP contribution < -0.4 is 20.4 Å². The predicted molar refractivity (Wildman–Crippen MR) is 174 cm³/mol. The Morgan fingerprint density at radius 2 is 2.00 bits per heavy atom. The summed E-state index contributed by atoms with van der Waals surface area (Å²) in [4.78, 5) is 37.8. The lowest BCUT2D eigenvalue weighted by Crippen LogP contribution is -2.56. The molecule has 228 valence electrons. The van der Waals surface area contributed by atoms with E-state index in [9.17, 15) is 14.9 Å². The van der Waals surface area contributed by atoms with Gasteiger partial charge in [-0.2, -0.15) is 5.26 Å². The summed E-state index contributed by atoms with van der Waals surface area (Å²) in [6.45, 7) is 12.6. The quantitative estimate of drug-likeness (QED) is 0.416. The largest absolute Gasteiger partial charge is 0.367 e. The summed E-state index contributed by atoms with van der Waals surface area (Å²) in [5.74, 6) is -0.329. The van der Waals surface area contributed by atoms with Gasteiger partial charge in [0.05, 0.1) is 36.3 Å². The summed E-state index contributed by atoms with van der Waals surface area (Å²) in [7, 11) is 0. The Hall–Kier alpha value is -4.42. The van der Waals surface area contributed by atoms with E-state index in [0.717, 1.165) is 55.8 Å². The molecule has 0 unspecified atom stereocenters. The van der Waals surface area contributed by atoms with Crippen molar-refractivity contribution in [2.75, 3.05) is 49.1 Å². The number of benzene rings is 2. The molecule has 0 aliphatic carbocycles. The van der Waals surface area contributed by atoms with Crippen molar-refractivity contribution in [3.63, 3.8) is 0 Å². The number of pyridine rings is 1. The van der Waals surface area contributed by atoms with Crippen LogP contribution in [0.25, 0.3) is 10.8 Å². The van der Waals surface area contributed by atoms with Gasteiger partial charge in [0.2, 0.25) is 5.91 Å². The molecule has 9 heteroatoms.